The Hall–Kier alpha value is -0.750. The maximum Gasteiger partial charge on any atom is 0.163 e. The molecule has 1 aliphatic heterocycles. The molecule has 1 atom stereocenters. The van der Waals surface area contributed by atoms with Gasteiger partial charge in [-0.25, -0.2) is 0 Å². The van der Waals surface area contributed by atoms with Crippen molar-refractivity contribution in [2.24, 2.45) is 5.16 Å². The van der Waals surface area contributed by atoms with Gasteiger partial charge >= 0.3 is 0 Å². The van der Waals surface area contributed by atoms with Crippen molar-refractivity contribution >= 4 is 29.1 Å². The monoisotopic (exact) mass is 343 g/mol. The highest BCUT2D eigenvalue weighted by molar-refractivity contribution is 8.00. The van der Waals surface area contributed by atoms with E-state index in [9.17, 15) is 0 Å². The molecular formula is C16H22ClNO3S. The second-order valence-corrected chi connectivity index (χ2v) is 6.81. The summed E-state index contributed by atoms with van der Waals surface area (Å²) in [6.07, 6.45) is 0.127. The maximum absolute atomic E-state index is 5.91. The summed E-state index contributed by atoms with van der Waals surface area (Å²) in [4.78, 5) is 5.36. The standard InChI is InChI=1S/C16H22ClNO3S/c1-16(2)19-10-15(21-16)12-22-11-14(8-17)18-20-9-13-6-4-3-5-7-13/h3-7,15H,8-12H2,1-2H3/b18-14+/t15-/m1/s1. The molecule has 2 rings (SSSR count). The van der Waals surface area contributed by atoms with Crippen LogP contribution >= 0.6 is 23.4 Å². The van der Waals surface area contributed by atoms with E-state index in [4.69, 9.17) is 25.9 Å². The minimum absolute atomic E-state index is 0.127. The first-order valence-electron chi connectivity index (χ1n) is 7.26. The normalized spacial score (nSPS) is 21.0. The molecule has 0 spiro atoms. The Morgan fingerprint density at radius 3 is 2.82 bits per heavy atom. The third kappa shape index (κ3) is 6.16. The van der Waals surface area contributed by atoms with Crippen molar-refractivity contribution in [1.29, 1.82) is 0 Å². The molecule has 22 heavy (non-hydrogen) atoms. The smallest absolute Gasteiger partial charge is 0.163 e. The zero-order valence-corrected chi connectivity index (χ0v) is 14.5. The molecule has 0 aromatic heterocycles. The van der Waals surface area contributed by atoms with Gasteiger partial charge in [0.15, 0.2) is 5.79 Å². The Balaban J connectivity index is 1.67. The van der Waals surface area contributed by atoms with Gasteiger partial charge in [0, 0.05) is 11.5 Å². The summed E-state index contributed by atoms with van der Waals surface area (Å²) in [5, 5.41) is 4.12. The van der Waals surface area contributed by atoms with Crippen LogP contribution in [0.4, 0.5) is 0 Å². The summed E-state index contributed by atoms with van der Waals surface area (Å²) in [5.74, 6) is 1.50. The van der Waals surface area contributed by atoms with Crippen LogP contribution in [0.2, 0.25) is 0 Å². The zero-order chi connectivity index (χ0) is 15.8. The van der Waals surface area contributed by atoms with Crippen molar-refractivity contribution < 1.29 is 14.3 Å². The third-order valence-corrected chi connectivity index (χ3v) is 4.52. The van der Waals surface area contributed by atoms with Crippen molar-refractivity contribution in [3.63, 3.8) is 0 Å². The van der Waals surface area contributed by atoms with Crippen molar-refractivity contribution in [3.05, 3.63) is 35.9 Å². The lowest BCUT2D eigenvalue weighted by atomic mass is 10.2. The first kappa shape index (κ1) is 17.6. The number of benzene rings is 1. The van der Waals surface area contributed by atoms with Gasteiger partial charge < -0.3 is 14.3 Å². The molecule has 1 heterocycles. The van der Waals surface area contributed by atoms with Gasteiger partial charge in [0.2, 0.25) is 0 Å². The number of oxime groups is 1. The Labute approximate surface area is 141 Å². The molecule has 1 aromatic rings. The van der Waals surface area contributed by atoms with Crippen molar-refractivity contribution in [1.82, 2.24) is 0 Å². The van der Waals surface area contributed by atoms with Crippen molar-refractivity contribution in [3.8, 4) is 0 Å². The predicted octanol–water partition coefficient (Wildman–Crippen LogP) is 3.68. The van der Waals surface area contributed by atoms with E-state index in [1.54, 1.807) is 11.8 Å². The van der Waals surface area contributed by atoms with Crippen molar-refractivity contribution in [2.75, 3.05) is 24.0 Å². The van der Waals surface area contributed by atoms with Crippen molar-refractivity contribution in [2.45, 2.75) is 32.3 Å². The molecule has 4 nitrogen and oxygen atoms in total. The Kier molecular flexibility index (Phi) is 7.02. The second kappa shape index (κ2) is 8.77. The lowest BCUT2D eigenvalue weighted by molar-refractivity contribution is -0.135. The van der Waals surface area contributed by atoms with Crippen LogP contribution in [0.15, 0.2) is 35.5 Å². The minimum Gasteiger partial charge on any atom is -0.391 e. The molecule has 122 valence electrons. The summed E-state index contributed by atoms with van der Waals surface area (Å²) in [6, 6.07) is 9.94. The first-order valence-corrected chi connectivity index (χ1v) is 8.95. The highest BCUT2D eigenvalue weighted by atomic mass is 35.5. The van der Waals surface area contributed by atoms with Gasteiger partial charge in [-0.2, -0.15) is 11.8 Å². The van der Waals surface area contributed by atoms with Gasteiger partial charge in [0.1, 0.15) is 6.61 Å². The zero-order valence-electron chi connectivity index (χ0n) is 13.0. The molecule has 1 saturated heterocycles. The van der Waals surface area contributed by atoms with Crippen LogP contribution in [0.25, 0.3) is 0 Å². The number of ether oxygens (including phenoxy) is 2. The molecule has 1 aliphatic rings. The van der Waals surface area contributed by atoms with E-state index in [2.05, 4.69) is 5.16 Å². The van der Waals surface area contributed by atoms with E-state index in [1.807, 2.05) is 44.2 Å². The van der Waals surface area contributed by atoms with Gasteiger partial charge in [-0.1, -0.05) is 35.5 Å². The summed E-state index contributed by atoms with van der Waals surface area (Å²) in [7, 11) is 0. The molecule has 0 aliphatic carbocycles. The van der Waals surface area contributed by atoms with E-state index in [1.165, 1.54) is 0 Å². The minimum atomic E-state index is -0.465. The molecule has 6 heteroatoms. The number of hydrogen-bond acceptors (Lipinski definition) is 5. The molecule has 0 bridgehead atoms. The van der Waals surface area contributed by atoms with Gasteiger partial charge in [-0.05, 0) is 19.4 Å². The number of alkyl halides is 1. The average molecular weight is 344 g/mol. The highest BCUT2D eigenvalue weighted by Gasteiger charge is 2.32. The average Bonchev–Trinajstić information content (AvgIpc) is 2.86. The lowest BCUT2D eigenvalue weighted by Gasteiger charge is -2.16. The summed E-state index contributed by atoms with van der Waals surface area (Å²) >= 11 is 7.64. The summed E-state index contributed by atoms with van der Waals surface area (Å²) in [6.45, 7) is 4.96. The van der Waals surface area contributed by atoms with Crippen LogP contribution in [0.3, 0.4) is 0 Å². The topological polar surface area (TPSA) is 40.0 Å². The van der Waals surface area contributed by atoms with E-state index in [0.29, 0.717) is 19.1 Å². The number of nitrogens with zero attached hydrogens (tertiary/aromatic N) is 1. The second-order valence-electron chi connectivity index (χ2n) is 5.52. The predicted molar refractivity (Wildman–Crippen MR) is 91.6 cm³/mol. The van der Waals surface area contributed by atoms with Crippen LogP contribution < -0.4 is 0 Å². The summed E-state index contributed by atoms with van der Waals surface area (Å²) in [5.41, 5.74) is 1.92. The van der Waals surface area contributed by atoms with Crippen LogP contribution in [0, 0.1) is 0 Å². The fraction of sp³-hybridized carbons (Fsp3) is 0.562. The van der Waals surface area contributed by atoms with Gasteiger partial charge in [-0.15, -0.1) is 11.6 Å². The quantitative estimate of drug-likeness (QED) is 0.410. The lowest BCUT2D eigenvalue weighted by Crippen LogP contribution is -2.22. The molecule has 0 unspecified atom stereocenters. The van der Waals surface area contributed by atoms with E-state index >= 15 is 0 Å². The molecule has 0 amide bonds. The molecule has 1 aromatic carbocycles. The number of halogens is 1. The van der Waals surface area contributed by atoms with E-state index < -0.39 is 5.79 Å². The summed E-state index contributed by atoms with van der Waals surface area (Å²) < 4.78 is 11.3. The SMILES string of the molecule is CC1(C)OC[C@H](CSC/C(CCl)=N/OCc2ccccc2)O1. The van der Waals surface area contributed by atoms with Crippen LogP contribution in [0.5, 0.6) is 0 Å². The number of hydrogen-bond donors (Lipinski definition) is 0. The van der Waals surface area contributed by atoms with Crippen LogP contribution in [-0.2, 0) is 20.9 Å². The van der Waals surface area contributed by atoms with Crippen LogP contribution in [0.1, 0.15) is 19.4 Å². The Morgan fingerprint density at radius 1 is 1.41 bits per heavy atom. The highest BCUT2D eigenvalue weighted by Crippen LogP contribution is 2.24. The fourth-order valence-corrected chi connectivity index (χ4v) is 3.21. The third-order valence-electron chi connectivity index (χ3n) is 3.06. The van der Waals surface area contributed by atoms with Gasteiger partial charge in [0.25, 0.3) is 0 Å². The van der Waals surface area contributed by atoms with Gasteiger partial charge in [0.05, 0.1) is 24.3 Å². The first-order chi connectivity index (χ1) is 10.6. The largest absolute Gasteiger partial charge is 0.391 e. The molecule has 0 N–H and O–H groups in total. The maximum atomic E-state index is 5.91. The van der Waals surface area contributed by atoms with E-state index in [-0.39, 0.29) is 6.10 Å². The Morgan fingerprint density at radius 2 is 2.18 bits per heavy atom. The fourth-order valence-electron chi connectivity index (χ4n) is 2.02. The molecule has 0 radical (unpaired) electrons. The van der Waals surface area contributed by atoms with E-state index in [0.717, 1.165) is 22.8 Å². The number of thioether (sulfide) groups is 1. The number of rotatable bonds is 8. The van der Waals surface area contributed by atoms with Gasteiger partial charge in [-0.3, -0.25) is 0 Å². The Bertz CT molecular complexity index is 482. The molecule has 1 fully saturated rings. The molecular weight excluding hydrogens is 322 g/mol. The van der Waals surface area contributed by atoms with Crippen LogP contribution in [-0.4, -0.2) is 41.6 Å². The molecule has 0 saturated carbocycles.